The van der Waals surface area contributed by atoms with E-state index in [1.807, 2.05) is 25.9 Å². The number of nitrogens with zero attached hydrogens (tertiary/aromatic N) is 2. The van der Waals surface area contributed by atoms with Crippen LogP contribution in [0.25, 0.3) is 0 Å². The molecule has 2 aromatic rings. The van der Waals surface area contributed by atoms with E-state index in [9.17, 15) is 14.0 Å². The van der Waals surface area contributed by atoms with Gasteiger partial charge in [0.05, 0.1) is 5.02 Å². The summed E-state index contributed by atoms with van der Waals surface area (Å²) in [5.41, 5.74) is 0.553. The normalized spacial score (nSPS) is 12.3. The number of carbonyl (C=O) groups is 1. The molecule has 2 rings (SSSR count). The van der Waals surface area contributed by atoms with E-state index in [0.29, 0.717) is 12.1 Å². The number of amides is 1. The maximum atomic E-state index is 14.0. The third kappa shape index (κ3) is 4.51. The van der Waals surface area contributed by atoms with Crippen molar-refractivity contribution in [1.29, 1.82) is 0 Å². The van der Waals surface area contributed by atoms with Crippen LogP contribution in [0.1, 0.15) is 34.5 Å². The Labute approximate surface area is 157 Å². The number of hydrogen-bond donors (Lipinski definition) is 1. The minimum absolute atomic E-state index is 0.00694. The number of aromatic nitrogens is 1. The fourth-order valence-corrected chi connectivity index (χ4v) is 3.02. The number of nitrogens with one attached hydrogen (secondary N) is 1. The molecule has 1 atom stereocenters. The molecule has 140 valence electrons. The molecule has 1 unspecified atom stereocenters. The molecule has 1 N–H and O–H groups in total. The molecule has 0 fully saturated rings. The van der Waals surface area contributed by atoms with Gasteiger partial charge in [0.15, 0.2) is 0 Å². The first-order chi connectivity index (χ1) is 12.2. The molecule has 1 amide bonds. The van der Waals surface area contributed by atoms with E-state index in [1.165, 1.54) is 12.1 Å². The molecule has 0 aliphatic carbocycles. The van der Waals surface area contributed by atoms with E-state index >= 15 is 0 Å². The first kappa shape index (κ1) is 20.1. The second-order valence-electron chi connectivity index (χ2n) is 6.59. The average Bonchev–Trinajstić information content (AvgIpc) is 2.55. The Kier molecular flexibility index (Phi) is 6.56. The molecule has 1 aromatic heterocycles. The molecule has 26 heavy (non-hydrogen) atoms. The fraction of sp³-hybridized carbons (Fsp3) is 0.368. The molecular formula is C19H23ClFN3O2. The SMILES string of the molecule is Cc1ccn(C(C)CN(C)C)c(=O)c1C(=O)NCc1cccc(Cl)c1F. The van der Waals surface area contributed by atoms with Crippen molar-refractivity contribution in [2.45, 2.75) is 26.4 Å². The van der Waals surface area contributed by atoms with Gasteiger partial charge in [0.2, 0.25) is 0 Å². The third-order valence-corrected chi connectivity index (χ3v) is 4.42. The van der Waals surface area contributed by atoms with Gasteiger partial charge >= 0.3 is 0 Å². The van der Waals surface area contributed by atoms with Crippen molar-refractivity contribution in [3.63, 3.8) is 0 Å². The van der Waals surface area contributed by atoms with Crippen LogP contribution in [0, 0.1) is 12.7 Å². The lowest BCUT2D eigenvalue weighted by Gasteiger charge is -2.20. The van der Waals surface area contributed by atoms with Crippen LogP contribution in [0.2, 0.25) is 5.02 Å². The van der Waals surface area contributed by atoms with Gasteiger partial charge in [0, 0.05) is 30.9 Å². The topological polar surface area (TPSA) is 54.3 Å². The summed E-state index contributed by atoms with van der Waals surface area (Å²) in [4.78, 5) is 27.3. The van der Waals surface area contributed by atoms with Crippen molar-refractivity contribution in [2.75, 3.05) is 20.6 Å². The summed E-state index contributed by atoms with van der Waals surface area (Å²) in [6, 6.07) is 6.24. The van der Waals surface area contributed by atoms with Gasteiger partial charge in [0.1, 0.15) is 11.4 Å². The van der Waals surface area contributed by atoms with Gasteiger partial charge < -0.3 is 14.8 Å². The van der Waals surface area contributed by atoms with Crippen LogP contribution < -0.4 is 10.9 Å². The Bertz CT molecular complexity index is 864. The zero-order chi connectivity index (χ0) is 19.4. The Hall–Kier alpha value is -2.18. The van der Waals surface area contributed by atoms with Crippen molar-refractivity contribution in [3.8, 4) is 0 Å². The lowest BCUT2D eigenvalue weighted by atomic mass is 10.1. The highest BCUT2D eigenvalue weighted by molar-refractivity contribution is 6.30. The standard InChI is InChI=1S/C19H23ClFN3O2/c1-12-8-9-24(13(2)11-23(3)4)19(26)16(12)18(25)22-10-14-6-5-7-15(20)17(14)21/h5-9,13H,10-11H2,1-4H3,(H,22,25). The van der Waals surface area contributed by atoms with E-state index in [4.69, 9.17) is 11.6 Å². The lowest BCUT2D eigenvalue weighted by molar-refractivity contribution is 0.0947. The molecule has 1 heterocycles. The lowest BCUT2D eigenvalue weighted by Crippen LogP contribution is -2.36. The van der Waals surface area contributed by atoms with Crippen LogP contribution in [-0.2, 0) is 6.54 Å². The number of benzene rings is 1. The van der Waals surface area contributed by atoms with Crippen LogP contribution in [0.5, 0.6) is 0 Å². The predicted octanol–water partition coefficient (Wildman–Crippen LogP) is 3.00. The van der Waals surface area contributed by atoms with E-state index in [1.54, 1.807) is 29.8 Å². The first-order valence-electron chi connectivity index (χ1n) is 8.30. The molecule has 0 aliphatic heterocycles. The molecule has 0 saturated carbocycles. The number of rotatable bonds is 6. The van der Waals surface area contributed by atoms with Crippen molar-refractivity contribution in [3.05, 3.63) is 68.3 Å². The first-order valence-corrected chi connectivity index (χ1v) is 8.67. The quantitative estimate of drug-likeness (QED) is 0.839. The van der Waals surface area contributed by atoms with Crippen LogP contribution in [-0.4, -0.2) is 36.0 Å². The van der Waals surface area contributed by atoms with Crippen molar-refractivity contribution >= 4 is 17.5 Å². The minimum Gasteiger partial charge on any atom is -0.348 e. The smallest absolute Gasteiger partial charge is 0.263 e. The van der Waals surface area contributed by atoms with Crippen LogP contribution in [0.4, 0.5) is 4.39 Å². The van der Waals surface area contributed by atoms with E-state index < -0.39 is 11.7 Å². The van der Waals surface area contributed by atoms with E-state index in [2.05, 4.69) is 5.32 Å². The Balaban J connectivity index is 2.25. The molecular weight excluding hydrogens is 357 g/mol. The molecule has 1 aromatic carbocycles. The van der Waals surface area contributed by atoms with Crippen molar-refractivity contribution in [2.24, 2.45) is 0 Å². The molecule has 5 nitrogen and oxygen atoms in total. The Morgan fingerprint density at radius 2 is 2.04 bits per heavy atom. The highest BCUT2D eigenvalue weighted by atomic mass is 35.5. The minimum atomic E-state index is -0.573. The summed E-state index contributed by atoms with van der Waals surface area (Å²) in [5, 5.41) is 2.60. The Morgan fingerprint density at radius 3 is 2.69 bits per heavy atom. The summed E-state index contributed by atoms with van der Waals surface area (Å²) in [6.07, 6.45) is 1.69. The summed E-state index contributed by atoms with van der Waals surface area (Å²) in [5.74, 6) is -1.10. The van der Waals surface area contributed by atoms with Gasteiger partial charge in [-0.25, -0.2) is 4.39 Å². The summed E-state index contributed by atoms with van der Waals surface area (Å²) in [6.45, 7) is 4.24. The van der Waals surface area contributed by atoms with Gasteiger partial charge in [-0.15, -0.1) is 0 Å². The van der Waals surface area contributed by atoms with E-state index in [-0.39, 0.29) is 34.3 Å². The van der Waals surface area contributed by atoms with Crippen LogP contribution in [0.15, 0.2) is 35.3 Å². The predicted molar refractivity (Wildman–Crippen MR) is 101 cm³/mol. The molecule has 0 radical (unpaired) electrons. The second kappa shape index (κ2) is 8.47. The van der Waals surface area contributed by atoms with Gasteiger partial charge in [0.25, 0.3) is 11.5 Å². The van der Waals surface area contributed by atoms with Gasteiger partial charge in [-0.05, 0) is 45.6 Å². The largest absolute Gasteiger partial charge is 0.348 e. The van der Waals surface area contributed by atoms with E-state index in [0.717, 1.165) is 0 Å². The van der Waals surface area contributed by atoms with Crippen molar-refractivity contribution < 1.29 is 9.18 Å². The zero-order valence-corrected chi connectivity index (χ0v) is 16.1. The van der Waals surface area contributed by atoms with Crippen LogP contribution >= 0.6 is 11.6 Å². The fourth-order valence-electron chi connectivity index (χ4n) is 2.83. The van der Waals surface area contributed by atoms with Crippen LogP contribution in [0.3, 0.4) is 0 Å². The highest BCUT2D eigenvalue weighted by Gasteiger charge is 2.18. The number of hydrogen-bond acceptors (Lipinski definition) is 3. The third-order valence-electron chi connectivity index (χ3n) is 4.13. The summed E-state index contributed by atoms with van der Waals surface area (Å²) >= 11 is 5.75. The van der Waals surface area contributed by atoms with Gasteiger partial charge in [-0.2, -0.15) is 0 Å². The average molecular weight is 380 g/mol. The van der Waals surface area contributed by atoms with Crippen molar-refractivity contribution in [1.82, 2.24) is 14.8 Å². The summed E-state index contributed by atoms with van der Waals surface area (Å²) < 4.78 is 15.5. The highest BCUT2D eigenvalue weighted by Crippen LogP contribution is 2.17. The monoisotopic (exact) mass is 379 g/mol. The number of halogens is 2. The number of likely N-dealkylation sites (N-methyl/N-ethyl adjacent to an activating group) is 1. The second-order valence-corrected chi connectivity index (χ2v) is 7.00. The maximum Gasteiger partial charge on any atom is 0.263 e. The Morgan fingerprint density at radius 1 is 1.35 bits per heavy atom. The molecule has 0 spiro atoms. The van der Waals surface area contributed by atoms with Gasteiger partial charge in [-0.1, -0.05) is 23.7 Å². The molecule has 0 aliphatic rings. The van der Waals surface area contributed by atoms with Gasteiger partial charge in [-0.3, -0.25) is 9.59 Å². The molecule has 0 saturated heterocycles. The molecule has 7 heteroatoms. The summed E-state index contributed by atoms with van der Waals surface area (Å²) in [7, 11) is 3.84. The zero-order valence-electron chi connectivity index (χ0n) is 15.3. The maximum absolute atomic E-state index is 14.0. The molecule has 0 bridgehead atoms. The number of carbonyl (C=O) groups excluding carboxylic acids is 1. The number of aryl methyl sites for hydroxylation is 1. The number of pyridine rings is 1.